The topological polar surface area (TPSA) is 111 Å². The third-order valence-electron chi connectivity index (χ3n) is 9.63. The zero-order valence-corrected chi connectivity index (χ0v) is 35.7. The van der Waals surface area contributed by atoms with Crippen LogP contribution in [0, 0.1) is 0 Å². The molecule has 0 aliphatic rings. The number of hydrogen-bond acceptors (Lipinski definition) is 8. The minimum absolute atomic E-state index is 0.0259. The highest BCUT2D eigenvalue weighted by Crippen LogP contribution is 2.38. The van der Waals surface area contributed by atoms with Gasteiger partial charge in [0, 0.05) is 12.8 Å². The van der Waals surface area contributed by atoms with E-state index in [-0.39, 0.29) is 32.0 Å². The van der Waals surface area contributed by atoms with Crippen molar-refractivity contribution in [2.24, 2.45) is 0 Å². The summed E-state index contributed by atoms with van der Waals surface area (Å²) in [5, 5.41) is 0. The molecule has 0 fully saturated rings. The Morgan fingerprint density at radius 1 is 0.519 bits per heavy atom. The van der Waals surface area contributed by atoms with E-state index >= 15 is 0 Å². The lowest BCUT2D eigenvalue weighted by molar-refractivity contribution is -0.870. The van der Waals surface area contributed by atoms with E-state index in [1.54, 1.807) is 0 Å². The highest BCUT2D eigenvalue weighted by atomic mass is 31.2. The smallest absolute Gasteiger partial charge is 0.306 e. The van der Waals surface area contributed by atoms with E-state index in [0.29, 0.717) is 17.4 Å². The van der Waals surface area contributed by atoms with Gasteiger partial charge in [-0.25, -0.2) is 0 Å². The number of nitrogens with zero attached hydrogens (tertiary/aromatic N) is 1. The van der Waals surface area contributed by atoms with Crippen molar-refractivity contribution in [3.8, 4) is 0 Å². The summed E-state index contributed by atoms with van der Waals surface area (Å²) < 4.78 is 33.8. The van der Waals surface area contributed by atoms with Crippen LogP contribution in [-0.2, 0) is 32.7 Å². The van der Waals surface area contributed by atoms with Crippen LogP contribution in [0.1, 0.15) is 206 Å². The van der Waals surface area contributed by atoms with Crippen LogP contribution in [0.5, 0.6) is 0 Å². The maximum absolute atomic E-state index is 12.6. The summed E-state index contributed by atoms with van der Waals surface area (Å²) in [4.78, 5) is 37.4. The minimum Gasteiger partial charge on any atom is -0.756 e. The van der Waals surface area contributed by atoms with E-state index in [1.165, 1.54) is 141 Å². The second-order valence-corrected chi connectivity index (χ2v) is 17.5. The molecule has 0 aromatic rings. The normalized spacial score (nSPS) is 13.6. The SMILES string of the molecule is CCCCCCCCCCCCCCCCCCCCC(=O)OC[C@H](COP(=O)([O-])OCC[N+](C)(C)C)OC(=O)CCCCCCCCCCCC. The molecule has 0 spiro atoms. The molecule has 0 rings (SSSR count). The summed E-state index contributed by atoms with van der Waals surface area (Å²) in [6.07, 6.45) is 34.2. The molecule has 0 aliphatic carbocycles. The number of unbranched alkanes of at least 4 members (excludes halogenated alkanes) is 26. The molecule has 1 unspecified atom stereocenters. The zero-order chi connectivity index (χ0) is 38.6. The Hall–Kier alpha value is -0.990. The molecule has 0 bridgehead atoms. The van der Waals surface area contributed by atoms with E-state index in [9.17, 15) is 19.0 Å². The minimum atomic E-state index is -4.61. The van der Waals surface area contributed by atoms with E-state index in [0.717, 1.165) is 32.1 Å². The fourth-order valence-electron chi connectivity index (χ4n) is 6.18. The first-order valence-corrected chi connectivity index (χ1v) is 23.2. The van der Waals surface area contributed by atoms with Gasteiger partial charge in [0.2, 0.25) is 0 Å². The molecule has 9 nitrogen and oxygen atoms in total. The molecule has 0 saturated carbocycles. The maximum Gasteiger partial charge on any atom is 0.306 e. The van der Waals surface area contributed by atoms with Crippen molar-refractivity contribution < 1.29 is 42.1 Å². The zero-order valence-electron chi connectivity index (χ0n) is 34.8. The molecule has 52 heavy (non-hydrogen) atoms. The number of quaternary nitrogens is 1. The molecule has 310 valence electrons. The molecule has 2 atom stereocenters. The van der Waals surface area contributed by atoms with Gasteiger partial charge in [0.1, 0.15) is 19.8 Å². The predicted octanol–water partition coefficient (Wildman–Crippen LogP) is 11.4. The molecule has 0 radical (unpaired) electrons. The van der Waals surface area contributed by atoms with Crippen LogP contribution in [0.4, 0.5) is 0 Å². The first kappa shape index (κ1) is 51.0. The number of phosphoric ester groups is 1. The Labute approximate surface area is 321 Å². The predicted molar refractivity (Wildman–Crippen MR) is 213 cm³/mol. The Kier molecular flexibility index (Phi) is 35.0. The number of ether oxygens (including phenoxy) is 2. The molecule has 0 N–H and O–H groups in total. The summed E-state index contributed by atoms with van der Waals surface area (Å²) >= 11 is 0. The van der Waals surface area contributed by atoms with Crippen LogP contribution in [0.15, 0.2) is 0 Å². The van der Waals surface area contributed by atoms with Gasteiger partial charge in [-0.3, -0.25) is 14.2 Å². The standard InChI is InChI=1S/C42H84NO8P/c1-6-8-10-12-14-16-18-19-20-21-22-23-24-25-27-28-30-32-34-41(44)48-38-40(39-50-52(46,47)49-37-36-43(3,4)5)51-42(45)35-33-31-29-26-17-15-13-11-9-7-2/h40H,6-39H2,1-5H3/t40-/m1/s1. The second kappa shape index (κ2) is 35.7. The molecular weight excluding hydrogens is 677 g/mol. The molecule has 0 aromatic carbocycles. The molecular formula is C42H84NO8P. The largest absolute Gasteiger partial charge is 0.756 e. The molecule has 0 aliphatic heterocycles. The summed E-state index contributed by atoms with van der Waals surface area (Å²) in [5.74, 6) is -0.823. The van der Waals surface area contributed by atoms with Gasteiger partial charge < -0.3 is 27.9 Å². The Morgan fingerprint density at radius 3 is 1.23 bits per heavy atom. The van der Waals surface area contributed by atoms with Crippen molar-refractivity contribution in [1.29, 1.82) is 0 Å². The molecule has 0 heterocycles. The van der Waals surface area contributed by atoms with Crippen molar-refractivity contribution in [2.45, 2.75) is 213 Å². The van der Waals surface area contributed by atoms with Gasteiger partial charge in [-0.15, -0.1) is 0 Å². The number of carbonyl (C=O) groups is 2. The summed E-state index contributed by atoms with van der Waals surface area (Å²) in [7, 11) is 1.18. The van der Waals surface area contributed by atoms with Gasteiger partial charge in [0.05, 0.1) is 27.7 Å². The van der Waals surface area contributed by atoms with Crippen molar-refractivity contribution in [3.05, 3.63) is 0 Å². The van der Waals surface area contributed by atoms with Gasteiger partial charge in [0.25, 0.3) is 7.82 Å². The first-order chi connectivity index (χ1) is 25.0. The number of carbonyl (C=O) groups excluding carboxylic acids is 2. The van der Waals surface area contributed by atoms with Gasteiger partial charge in [-0.1, -0.05) is 181 Å². The van der Waals surface area contributed by atoms with E-state index in [4.69, 9.17) is 18.5 Å². The highest BCUT2D eigenvalue weighted by molar-refractivity contribution is 7.45. The first-order valence-electron chi connectivity index (χ1n) is 21.7. The number of phosphoric acid groups is 1. The van der Waals surface area contributed by atoms with Crippen molar-refractivity contribution in [1.82, 2.24) is 0 Å². The molecule has 0 aromatic heterocycles. The number of likely N-dealkylation sites (N-methyl/N-ethyl adjacent to an activating group) is 1. The second-order valence-electron chi connectivity index (χ2n) is 16.1. The maximum atomic E-state index is 12.6. The lowest BCUT2D eigenvalue weighted by Crippen LogP contribution is -2.37. The highest BCUT2D eigenvalue weighted by Gasteiger charge is 2.21. The third kappa shape index (κ3) is 38.7. The number of esters is 2. The third-order valence-corrected chi connectivity index (χ3v) is 10.6. The van der Waals surface area contributed by atoms with Crippen LogP contribution >= 0.6 is 7.82 Å². The van der Waals surface area contributed by atoms with Crippen LogP contribution in [0.2, 0.25) is 0 Å². The lowest BCUT2D eigenvalue weighted by Gasteiger charge is -2.28. The summed E-state index contributed by atoms with van der Waals surface area (Å²) in [5.41, 5.74) is 0. The van der Waals surface area contributed by atoms with E-state index < -0.39 is 26.5 Å². The van der Waals surface area contributed by atoms with Gasteiger partial charge in [-0.05, 0) is 12.8 Å². The average Bonchev–Trinajstić information content (AvgIpc) is 3.09. The lowest BCUT2D eigenvalue weighted by atomic mass is 10.0. The van der Waals surface area contributed by atoms with Crippen LogP contribution < -0.4 is 4.89 Å². The van der Waals surface area contributed by atoms with Gasteiger partial charge in [0.15, 0.2) is 6.10 Å². The van der Waals surface area contributed by atoms with Gasteiger partial charge >= 0.3 is 11.9 Å². The fourth-order valence-corrected chi connectivity index (χ4v) is 6.91. The van der Waals surface area contributed by atoms with Crippen LogP contribution in [-0.4, -0.2) is 70.0 Å². The Morgan fingerprint density at radius 2 is 0.865 bits per heavy atom. The fraction of sp³-hybridized carbons (Fsp3) is 0.952. The Bertz CT molecular complexity index is 865. The average molecular weight is 762 g/mol. The molecule has 0 amide bonds. The molecule has 10 heteroatoms. The van der Waals surface area contributed by atoms with Crippen molar-refractivity contribution in [2.75, 3.05) is 47.5 Å². The quantitative estimate of drug-likeness (QED) is 0.0263. The van der Waals surface area contributed by atoms with Crippen LogP contribution in [0.25, 0.3) is 0 Å². The Balaban J connectivity index is 4.24. The summed E-state index contributed by atoms with van der Waals surface area (Å²) in [6.45, 7) is 4.24. The number of rotatable bonds is 40. The van der Waals surface area contributed by atoms with Crippen molar-refractivity contribution >= 4 is 19.8 Å². The summed E-state index contributed by atoms with van der Waals surface area (Å²) in [6, 6.07) is 0. The van der Waals surface area contributed by atoms with E-state index in [2.05, 4.69) is 13.8 Å². The molecule has 0 saturated heterocycles. The van der Waals surface area contributed by atoms with Gasteiger partial charge in [-0.2, -0.15) is 0 Å². The van der Waals surface area contributed by atoms with Crippen molar-refractivity contribution in [3.63, 3.8) is 0 Å². The van der Waals surface area contributed by atoms with E-state index in [1.807, 2.05) is 21.1 Å². The monoisotopic (exact) mass is 762 g/mol. The van der Waals surface area contributed by atoms with Crippen LogP contribution in [0.3, 0.4) is 0 Å². The number of hydrogen-bond donors (Lipinski definition) is 0.